The molecule has 0 amide bonds. The van der Waals surface area contributed by atoms with Gasteiger partial charge < -0.3 is 15.2 Å². The third-order valence-corrected chi connectivity index (χ3v) is 4.82. The molecule has 0 aliphatic carbocycles. The highest BCUT2D eigenvalue weighted by Crippen LogP contribution is 2.11. The SMILES string of the molecule is CC(CNCC(O)COCc1cccs1)N1CCCCC1. The first-order valence-corrected chi connectivity index (χ1v) is 8.86. The van der Waals surface area contributed by atoms with Gasteiger partial charge in [-0.05, 0) is 44.3 Å². The Morgan fingerprint density at radius 3 is 2.86 bits per heavy atom. The summed E-state index contributed by atoms with van der Waals surface area (Å²) in [5.74, 6) is 0. The molecule has 21 heavy (non-hydrogen) atoms. The van der Waals surface area contributed by atoms with Crippen LogP contribution in [-0.2, 0) is 11.3 Å². The standard InChI is InChI=1S/C16H28N2O2S/c1-14(18-7-3-2-4-8-18)10-17-11-15(19)12-20-13-16-6-5-9-21-16/h5-6,9,14-15,17,19H,2-4,7-8,10-13H2,1H3. The first-order valence-electron chi connectivity index (χ1n) is 7.98. The Morgan fingerprint density at radius 2 is 2.14 bits per heavy atom. The van der Waals surface area contributed by atoms with Crippen LogP contribution in [0.2, 0.25) is 0 Å². The van der Waals surface area contributed by atoms with Gasteiger partial charge in [0.05, 0.1) is 19.3 Å². The van der Waals surface area contributed by atoms with Crippen LogP contribution >= 0.6 is 11.3 Å². The van der Waals surface area contributed by atoms with Crippen LogP contribution in [0.25, 0.3) is 0 Å². The summed E-state index contributed by atoms with van der Waals surface area (Å²) in [7, 11) is 0. The van der Waals surface area contributed by atoms with Gasteiger partial charge in [-0.15, -0.1) is 11.3 Å². The van der Waals surface area contributed by atoms with E-state index in [0.717, 1.165) is 6.54 Å². The summed E-state index contributed by atoms with van der Waals surface area (Å²) in [6.45, 7) is 7.22. The minimum absolute atomic E-state index is 0.392. The van der Waals surface area contributed by atoms with Crippen LogP contribution in [0.5, 0.6) is 0 Å². The van der Waals surface area contributed by atoms with Crippen LogP contribution < -0.4 is 5.32 Å². The molecular weight excluding hydrogens is 284 g/mol. The molecule has 0 saturated carbocycles. The lowest BCUT2D eigenvalue weighted by Crippen LogP contribution is -2.44. The summed E-state index contributed by atoms with van der Waals surface area (Å²) in [4.78, 5) is 3.74. The van der Waals surface area contributed by atoms with Crippen LogP contribution in [0.15, 0.2) is 17.5 Å². The van der Waals surface area contributed by atoms with Gasteiger partial charge in [0, 0.05) is 24.0 Å². The Balaban J connectivity index is 1.51. The van der Waals surface area contributed by atoms with Gasteiger partial charge >= 0.3 is 0 Å². The molecule has 0 radical (unpaired) electrons. The van der Waals surface area contributed by atoms with E-state index in [1.165, 1.54) is 37.2 Å². The van der Waals surface area contributed by atoms with Crippen LogP contribution in [0.3, 0.4) is 0 Å². The van der Waals surface area contributed by atoms with Gasteiger partial charge in [0.2, 0.25) is 0 Å². The van der Waals surface area contributed by atoms with E-state index < -0.39 is 6.10 Å². The summed E-state index contributed by atoms with van der Waals surface area (Å²) >= 11 is 1.68. The Labute approximate surface area is 132 Å². The van der Waals surface area contributed by atoms with Crippen molar-refractivity contribution in [3.8, 4) is 0 Å². The lowest BCUT2D eigenvalue weighted by Gasteiger charge is -2.32. The molecule has 0 aromatic carbocycles. The smallest absolute Gasteiger partial charge is 0.0897 e. The highest BCUT2D eigenvalue weighted by Gasteiger charge is 2.16. The van der Waals surface area contributed by atoms with Gasteiger partial charge in [0.25, 0.3) is 0 Å². The third-order valence-electron chi connectivity index (χ3n) is 3.97. The Morgan fingerprint density at radius 1 is 1.33 bits per heavy atom. The number of aliphatic hydroxyl groups excluding tert-OH is 1. The van der Waals surface area contributed by atoms with Crippen molar-refractivity contribution in [3.05, 3.63) is 22.4 Å². The Kier molecular flexibility index (Phi) is 7.68. The first-order chi connectivity index (χ1) is 10.3. The molecule has 2 unspecified atom stereocenters. The fraction of sp³-hybridized carbons (Fsp3) is 0.750. The van der Waals surface area contributed by atoms with Crippen molar-refractivity contribution in [2.75, 3.05) is 32.8 Å². The first kappa shape index (κ1) is 16.9. The maximum atomic E-state index is 9.90. The lowest BCUT2D eigenvalue weighted by atomic mass is 10.1. The zero-order valence-corrected chi connectivity index (χ0v) is 13.8. The zero-order chi connectivity index (χ0) is 14.9. The second kappa shape index (κ2) is 9.54. The molecule has 0 spiro atoms. The second-order valence-corrected chi connectivity index (χ2v) is 6.88. The zero-order valence-electron chi connectivity index (χ0n) is 13.0. The molecule has 120 valence electrons. The lowest BCUT2D eigenvalue weighted by molar-refractivity contribution is 0.0289. The fourth-order valence-corrected chi connectivity index (χ4v) is 3.34. The van der Waals surface area contributed by atoms with Gasteiger partial charge in [-0.25, -0.2) is 0 Å². The normalized spacial score (nSPS) is 19.5. The van der Waals surface area contributed by atoms with Crippen LogP contribution in [0.1, 0.15) is 31.1 Å². The van der Waals surface area contributed by atoms with Gasteiger partial charge in [-0.2, -0.15) is 0 Å². The van der Waals surface area contributed by atoms with Crippen LogP contribution in [0.4, 0.5) is 0 Å². The van der Waals surface area contributed by atoms with E-state index >= 15 is 0 Å². The van der Waals surface area contributed by atoms with Crippen LogP contribution in [0, 0.1) is 0 Å². The molecule has 1 aromatic rings. The molecule has 2 rings (SSSR count). The number of thiophene rings is 1. The van der Waals surface area contributed by atoms with E-state index in [0.29, 0.717) is 25.8 Å². The average Bonchev–Trinajstić information content (AvgIpc) is 3.01. The van der Waals surface area contributed by atoms with E-state index in [9.17, 15) is 5.11 Å². The number of hydrogen-bond donors (Lipinski definition) is 2. The average molecular weight is 312 g/mol. The molecular formula is C16H28N2O2S. The minimum Gasteiger partial charge on any atom is -0.389 e. The number of piperidine rings is 1. The van der Waals surface area contributed by atoms with Crippen molar-refractivity contribution in [2.45, 2.75) is 44.9 Å². The van der Waals surface area contributed by atoms with Crippen molar-refractivity contribution < 1.29 is 9.84 Å². The fourth-order valence-electron chi connectivity index (χ4n) is 2.70. The monoisotopic (exact) mass is 312 g/mol. The number of likely N-dealkylation sites (tertiary alicyclic amines) is 1. The molecule has 1 fully saturated rings. The molecule has 1 aliphatic rings. The Bertz CT molecular complexity index is 366. The number of rotatable bonds is 9. The van der Waals surface area contributed by atoms with Gasteiger partial charge in [-0.3, -0.25) is 4.90 Å². The summed E-state index contributed by atoms with van der Waals surface area (Å²) in [6, 6.07) is 4.61. The van der Waals surface area contributed by atoms with E-state index in [1.807, 2.05) is 11.4 Å². The van der Waals surface area contributed by atoms with E-state index in [2.05, 4.69) is 23.2 Å². The molecule has 2 heterocycles. The summed E-state index contributed by atoms with van der Waals surface area (Å²) in [6.07, 6.45) is 3.59. The highest BCUT2D eigenvalue weighted by atomic mass is 32.1. The largest absolute Gasteiger partial charge is 0.389 e. The van der Waals surface area contributed by atoms with E-state index in [-0.39, 0.29) is 0 Å². The van der Waals surface area contributed by atoms with Crippen molar-refractivity contribution in [1.82, 2.24) is 10.2 Å². The number of nitrogens with one attached hydrogen (secondary N) is 1. The maximum absolute atomic E-state index is 9.90. The van der Waals surface area contributed by atoms with Crippen molar-refractivity contribution in [2.24, 2.45) is 0 Å². The van der Waals surface area contributed by atoms with Crippen molar-refractivity contribution >= 4 is 11.3 Å². The second-order valence-electron chi connectivity index (χ2n) is 5.85. The van der Waals surface area contributed by atoms with Crippen molar-refractivity contribution in [3.63, 3.8) is 0 Å². The predicted molar refractivity (Wildman–Crippen MR) is 87.7 cm³/mol. The number of nitrogens with zero attached hydrogens (tertiary/aromatic N) is 1. The van der Waals surface area contributed by atoms with Gasteiger partial charge in [0.1, 0.15) is 0 Å². The minimum atomic E-state index is -0.432. The van der Waals surface area contributed by atoms with Gasteiger partial charge in [0.15, 0.2) is 0 Å². The summed E-state index contributed by atoms with van der Waals surface area (Å²) in [5, 5.41) is 15.3. The quantitative estimate of drug-likeness (QED) is 0.733. The number of aliphatic hydroxyl groups is 1. The topological polar surface area (TPSA) is 44.7 Å². The number of ether oxygens (including phenoxy) is 1. The number of hydrogen-bond acceptors (Lipinski definition) is 5. The maximum Gasteiger partial charge on any atom is 0.0897 e. The van der Waals surface area contributed by atoms with Crippen molar-refractivity contribution in [1.29, 1.82) is 0 Å². The predicted octanol–water partition coefficient (Wildman–Crippen LogP) is 2.09. The molecule has 1 aromatic heterocycles. The molecule has 5 heteroatoms. The molecule has 2 N–H and O–H groups in total. The van der Waals surface area contributed by atoms with E-state index in [1.54, 1.807) is 11.3 Å². The highest BCUT2D eigenvalue weighted by molar-refractivity contribution is 7.09. The molecule has 4 nitrogen and oxygen atoms in total. The van der Waals surface area contributed by atoms with Crippen LogP contribution in [-0.4, -0.2) is 54.9 Å². The molecule has 1 saturated heterocycles. The third kappa shape index (κ3) is 6.45. The summed E-state index contributed by atoms with van der Waals surface area (Å²) < 4.78 is 5.52. The van der Waals surface area contributed by atoms with E-state index in [4.69, 9.17) is 4.74 Å². The Hall–Kier alpha value is -0.460. The summed E-state index contributed by atoms with van der Waals surface area (Å²) in [5.41, 5.74) is 0. The molecule has 1 aliphatic heterocycles. The van der Waals surface area contributed by atoms with Gasteiger partial charge in [-0.1, -0.05) is 12.5 Å². The molecule has 0 bridgehead atoms. The molecule has 2 atom stereocenters.